The number of alkyl carbamates (subject to hydrolysis) is 1. The standard InChI is InChI=1S/C14H25NO5/c1-14(2,3)20-13(18)15-9(7-8-5-4-6-8)10(16)11-12(17)19-11/h8-12,16-17H,4-7H2,1-3H3,(H,15,18). The fourth-order valence-corrected chi connectivity index (χ4v) is 2.42. The second kappa shape index (κ2) is 5.87. The van der Waals surface area contributed by atoms with E-state index >= 15 is 0 Å². The molecular formula is C14H25NO5. The van der Waals surface area contributed by atoms with Gasteiger partial charge in [-0.25, -0.2) is 4.79 Å². The zero-order valence-electron chi connectivity index (χ0n) is 12.3. The number of hydrogen-bond donors (Lipinski definition) is 3. The minimum Gasteiger partial charge on any atom is -0.444 e. The Morgan fingerprint density at radius 1 is 1.45 bits per heavy atom. The Hall–Kier alpha value is -0.850. The third-order valence-electron chi connectivity index (χ3n) is 3.76. The average molecular weight is 287 g/mol. The molecule has 0 aromatic heterocycles. The Balaban J connectivity index is 1.89. The van der Waals surface area contributed by atoms with Crippen molar-refractivity contribution in [3.05, 3.63) is 0 Å². The van der Waals surface area contributed by atoms with Crippen molar-refractivity contribution in [2.24, 2.45) is 5.92 Å². The first-order valence-electron chi connectivity index (χ1n) is 7.27. The lowest BCUT2D eigenvalue weighted by Crippen LogP contribution is -2.49. The van der Waals surface area contributed by atoms with Gasteiger partial charge in [-0.05, 0) is 33.1 Å². The lowest BCUT2D eigenvalue weighted by molar-refractivity contribution is 0.0334. The number of rotatable bonds is 5. The molecule has 2 aliphatic rings. The maximum atomic E-state index is 11.8. The molecule has 1 aliphatic carbocycles. The van der Waals surface area contributed by atoms with E-state index in [0.29, 0.717) is 12.3 Å². The second-order valence-electron chi connectivity index (χ2n) is 6.77. The Morgan fingerprint density at radius 2 is 2.05 bits per heavy atom. The van der Waals surface area contributed by atoms with Gasteiger partial charge >= 0.3 is 6.09 Å². The molecule has 4 atom stereocenters. The molecule has 6 heteroatoms. The van der Waals surface area contributed by atoms with Crippen molar-refractivity contribution in [2.75, 3.05) is 0 Å². The number of amides is 1. The molecule has 0 aromatic rings. The first-order chi connectivity index (χ1) is 9.26. The van der Waals surface area contributed by atoms with E-state index in [2.05, 4.69) is 5.32 Å². The predicted octanol–water partition coefficient (Wildman–Crippen LogP) is 1.15. The van der Waals surface area contributed by atoms with Crippen LogP contribution in [0.5, 0.6) is 0 Å². The van der Waals surface area contributed by atoms with Gasteiger partial charge in [-0.1, -0.05) is 19.3 Å². The molecular weight excluding hydrogens is 262 g/mol. The number of carbonyl (C=O) groups is 1. The van der Waals surface area contributed by atoms with E-state index < -0.39 is 36.2 Å². The molecule has 4 unspecified atom stereocenters. The summed E-state index contributed by atoms with van der Waals surface area (Å²) >= 11 is 0. The van der Waals surface area contributed by atoms with Crippen LogP contribution < -0.4 is 5.32 Å². The van der Waals surface area contributed by atoms with Gasteiger partial charge in [0, 0.05) is 0 Å². The van der Waals surface area contributed by atoms with E-state index in [4.69, 9.17) is 9.47 Å². The topological polar surface area (TPSA) is 91.3 Å². The van der Waals surface area contributed by atoms with Gasteiger partial charge in [0.15, 0.2) is 6.29 Å². The van der Waals surface area contributed by atoms with E-state index in [0.717, 1.165) is 12.8 Å². The Bertz CT molecular complexity index is 350. The van der Waals surface area contributed by atoms with Gasteiger partial charge in [-0.15, -0.1) is 0 Å². The molecule has 1 heterocycles. The van der Waals surface area contributed by atoms with Crippen LogP contribution in [0.25, 0.3) is 0 Å². The normalized spacial score (nSPS) is 29.2. The molecule has 116 valence electrons. The van der Waals surface area contributed by atoms with Gasteiger partial charge in [0.1, 0.15) is 17.8 Å². The Labute approximate surface area is 119 Å². The van der Waals surface area contributed by atoms with Crippen LogP contribution >= 0.6 is 0 Å². The number of carbonyl (C=O) groups excluding carboxylic acids is 1. The van der Waals surface area contributed by atoms with Gasteiger partial charge in [-0.2, -0.15) is 0 Å². The zero-order chi connectivity index (χ0) is 14.9. The summed E-state index contributed by atoms with van der Waals surface area (Å²) in [6.45, 7) is 5.37. The lowest BCUT2D eigenvalue weighted by atomic mass is 9.79. The van der Waals surface area contributed by atoms with Crippen LogP contribution in [0.2, 0.25) is 0 Å². The summed E-state index contributed by atoms with van der Waals surface area (Å²) in [5.74, 6) is 0.514. The maximum absolute atomic E-state index is 11.8. The van der Waals surface area contributed by atoms with E-state index in [1.807, 2.05) is 0 Å². The van der Waals surface area contributed by atoms with Crippen molar-refractivity contribution < 1.29 is 24.5 Å². The third-order valence-corrected chi connectivity index (χ3v) is 3.76. The Morgan fingerprint density at radius 3 is 2.45 bits per heavy atom. The van der Waals surface area contributed by atoms with Crippen molar-refractivity contribution in [3.63, 3.8) is 0 Å². The maximum Gasteiger partial charge on any atom is 0.407 e. The summed E-state index contributed by atoms with van der Waals surface area (Å²) < 4.78 is 10.1. The molecule has 1 aliphatic heterocycles. The molecule has 1 amide bonds. The molecule has 1 saturated heterocycles. The van der Waals surface area contributed by atoms with Crippen molar-refractivity contribution >= 4 is 6.09 Å². The molecule has 2 rings (SSSR count). The molecule has 0 radical (unpaired) electrons. The summed E-state index contributed by atoms with van der Waals surface area (Å²) in [4.78, 5) is 11.8. The van der Waals surface area contributed by atoms with E-state index in [-0.39, 0.29) is 0 Å². The van der Waals surface area contributed by atoms with Crippen LogP contribution in [-0.2, 0) is 9.47 Å². The fourth-order valence-electron chi connectivity index (χ4n) is 2.42. The third kappa shape index (κ3) is 4.33. The van der Waals surface area contributed by atoms with Crippen LogP contribution in [0.4, 0.5) is 4.79 Å². The quantitative estimate of drug-likeness (QED) is 0.660. The molecule has 3 N–H and O–H groups in total. The zero-order valence-corrected chi connectivity index (χ0v) is 12.3. The first kappa shape index (κ1) is 15.5. The summed E-state index contributed by atoms with van der Waals surface area (Å²) in [6.07, 6.45) is 1.15. The van der Waals surface area contributed by atoms with Crippen LogP contribution in [0, 0.1) is 5.92 Å². The van der Waals surface area contributed by atoms with E-state index in [1.165, 1.54) is 6.42 Å². The summed E-state index contributed by atoms with van der Waals surface area (Å²) in [5, 5.41) is 22.1. The summed E-state index contributed by atoms with van der Waals surface area (Å²) in [5.41, 5.74) is -0.578. The smallest absolute Gasteiger partial charge is 0.407 e. The van der Waals surface area contributed by atoms with Gasteiger partial charge < -0.3 is 25.0 Å². The van der Waals surface area contributed by atoms with Gasteiger partial charge in [0.25, 0.3) is 0 Å². The highest BCUT2D eigenvalue weighted by molar-refractivity contribution is 5.68. The SMILES string of the molecule is CC(C)(C)OC(=O)NC(CC1CCC1)C(O)C1OC1O. The largest absolute Gasteiger partial charge is 0.444 e. The predicted molar refractivity (Wildman–Crippen MR) is 72.0 cm³/mol. The van der Waals surface area contributed by atoms with Crippen molar-refractivity contribution in [1.29, 1.82) is 0 Å². The summed E-state index contributed by atoms with van der Waals surface area (Å²) in [7, 11) is 0. The molecule has 0 aromatic carbocycles. The highest BCUT2D eigenvalue weighted by Crippen LogP contribution is 2.33. The number of ether oxygens (including phenoxy) is 2. The first-order valence-corrected chi connectivity index (χ1v) is 7.27. The average Bonchev–Trinajstić information content (AvgIpc) is 2.95. The molecule has 6 nitrogen and oxygen atoms in total. The molecule has 2 fully saturated rings. The number of epoxide rings is 1. The van der Waals surface area contributed by atoms with Crippen LogP contribution in [0.1, 0.15) is 46.5 Å². The molecule has 0 spiro atoms. The summed E-state index contributed by atoms with van der Waals surface area (Å²) in [6, 6.07) is -0.447. The van der Waals surface area contributed by atoms with Crippen LogP contribution in [0.15, 0.2) is 0 Å². The second-order valence-corrected chi connectivity index (χ2v) is 6.77. The van der Waals surface area contributed by atoms with Crippen LogP contribution in [0.3, 0.4) is 0 Å². The van der Waals surface area contributed by atoms with Crippen molar-refractivity contribution in [1.82, 2.24) is 5.32 Å². The van der Waals surface area contributed by atoms with Crippen LogP contribution in [-0.4, -0.2) is 46.4 Å². The minimum atomic E-state index is -0.922. The highest BCUT2D eigenvalue weighted by atomic mass is 16.7. The van der Waals surface area contributed by atoms with E-state index in [9.17, 15) is 15.0 Å². The molecule has 1 saturated carbocycles. The van der Waals surface area contributed by atoms with Gasteiger partial charge in [0.2, 0.25) is 0 Å². The number of aliphatic hydroxyl groups is 2. The number of aliphatic hydroxyl groups excluding tert-OH is 2. The lowest BCUT2D eigenvalue weighted by Gasteiger charge is -2.32. The number of nitrogens with one attached hydrogen (secondary N) is 1. The Kier molecular flexibility index (Phi) is 4.56. The van der Waals surface area contributed by atoms with Crippen molar-refractivity contribution in [2.45, 2.75) is 76.6 Å². The van der Waals surface area contributed by atoms with E-state index in [1.54, 1.807) is 20.8 Å². The molecule has 20 heavy (non-hydrogen) atoms. The minimum absolute atomic E-state index is 0.447. The number of hydrogen-bond acceptors (Lipinski definition) is 5. The van der Waals surface area contributed by atoms with Crippen molar-refractivity contribution in [3.8, 4) is 0 Å². The molecule has 0 bridgehead atoms. The highest BCUT2D eigenvalue weighted by Gasteiger charge is 2.47. The van der Waals surface area contributed by atoms with Gasteiger partial charge in [0.05, 0.1) is 6.04 Å². The fraction of sp³-hybridized carbons (Fsp3) is 0.929. The monoisotopic (exact) mass is 287 g/mol. The van der Waals surface area contributed by atoms with Gasteiger partial charge in [-0.3, -0.25) is 0 Å².